The van der Waals surface area contributed by atoms with E-state index in [4.69, 9.17) is 84.3 Å². The highest BCUT2D eigenvalue weighted by molar-refractivity contribution is 5.77. The second kappa shape index (κ2) is 55.2. The van der Waals surface area contributed by atoms with Crippen molar-refractivity contribution in [2.75, 3.05) is 205 Å². The molecule has 0 saturated heterocycles. The van der Waals surface area contributed by atoms with Crippen LogP contribution in [0, 0.1) is 24.7 Å². The number of carbonyl (C=O) groups excluding carboxylic acids is 4. The predicted octanol–water partition coefficient (Wildman–Crippen LogP) is -1.26. The topological polar surface area (TPSA) is 283 Å². The first-order chi connectivity index (χ1) is 34.8. The molecule has 0 aromatic rings. The first-order valence-corrected chi connectivity index (χ1v) is 24.0. The molecule has 0 aromatic carbocycles. The fraction of sp³-hybridized carbons (Fsp3) is 0.809. The van der Waals surface area contributed by atoms with Crippen LogP contribution in [0.15, 0.2) is 0 Å². The lowest BCUT2D eigenvalue weighted by Crippen LogP contribution is -2.42. The van der Waals surface area contributed by atoms with Gasteiger partial charge in [0.2, 0.25) is 23.6 Å². The minimum atomic E-state index is -0.930. The number of rotatable bonds is 56. The molecule has 24 nitrogen and oxygen atoms in total. The Kier molecular flexibility index (Phi) is 52.0. The highest BCUT2D eigenvalue weighted by Gasteiger charge is 2.15. The molecule has 0 bridgehead atoms. The quantitative estimate of drug-likeness (QED) is 0.0351. The van der Waals surface area contributed by atoms with Crippen LogP contribution in [0.2, 0.25) is 0 Å². The van der Waals surface area contributed by atoms with Gasteiger partial charge in [-0.05, 0) is 6.42 Å². The average Bonchev–Trinajstić information content (AvgIpc) is 3.35. The summed E-state index contributed by atoms with van der Waals surface area (Å²) in [6.07, 6.45) is 10.9. The number of carbonyl (C=O) groups is 5. The van der Waals surface area contributed by atoms with Gasteiger partial charge in [0.05, 0.1) is 178 Å². The fourth-order valence-corrected chi connectivity index (χ4v) is 5.17. The van der Waals surface area contributed by atoms with Gasteiger partial charge >= 0.3 is 5.97 Å². The Bertz CT molecular complexity index is 1310. The molecule has 0 rings (SSSR count). The summed E-state index contributed by atoms with van der Waals surface area (Å²) in [5.41, 5.74) is 0. The van der Waals surface area contributed by atoms with Gasteiger partial charge in [0.25, 0.3) is 0 Å². The number of carboxylic acid groups (broad SMARTS) is 1. The Hall–Kier alpha value is -4.09. The van der Waals surface area contributed by atoms with Crippen LogP contribution in [-0.4, -0.2) is 245 Å². The summed E-state index contributed by atoms with van der Waals surface area (Å²) in [5, 5.41) is 19.7. The molecule has 0 aliphatic rings. The van der Waals surface area contributed by atoms with Crippen molar-refractivity contribution in [2.45, 2.75) is 44.6 Å². The van der Waals surface area contributed by atoms with E-state index in [0.717, 1.165) is 0 Å². The number of hydrogen-bond acceptors (Lipinski definition) is 19. The number of carboxylic acids is 1. The van der Waals surface area contributed by atoms with Crippen LogP contribution in [0.1, 0.15) is 38.5 Å². The van der Waals surface area contributed by atoms with Crippen LogP contribution in [-0.2, 0) is 90.3 Å². The number of aliphatic carboxylic acids is 1. The lowest BCUT2D eigenvalue weighted by molar-refractivity contribution is -0.137. The molecule has 0 atom stereocenters. The molecule has 24 heteroatoms. The van der Waals surface area contributed by atoms with Crippen LogP contribution >= 0.6 is 0 Å². The minimum absolute atomic E-state index is 0.0438. The van der Waals surface area contributed by atoms with Crippen LogP contribution in [0.4, 0.5) is 0 Å². The van der Waals surface area contributed by atoms with Crippen molar-refractivity contribution in [1.29, 1.82) is 0 Å². The SMILES string of the molecule is C#CCOCCOCCOCCOCCNC(=O)CCOCC(COCCC(=O)NCCOCCOCCOCCOCC#C)NC(=O)CCOCCOCCOCCOCCNC(=O)CCCC(=O)O. The second-order valence-corrected chi connectivity index (χ2v) is 14.6. The summed E-state index contributed by atoms with van der Waals surface area (Å²) in [7, 11) is 0. The smallest absolute Gasteiger partial charge is 0.303 e. The van der Waals surface area contributed by atoms with Gasteiger partial charge in [0.15, 0.2) is 0 Å². The van der Waals surface area contributed by atoms with Gasteiger partial charge in [-0.2, -0.15) is 0 Å². The molecule has 0 radical (unpaired) electrons. The molecule has 0 unspecified atom stereocenters. The van der Waals surface area contributed by atoms with E-state index in [1.807, 2.05) is 0 Å². The summed E-state index contributed by atoms with van der Waals surface area (Å²) in [6.45, 7) is 9.75. The number of ether oxygens (including phenoxy) is 14. The summed E-state index contributed by atoms with van der Waals surface area (Å²) < 4.78 is 76.0. The highest BCUT2D eigenvalue weighted by Crippen LogP contribution is 1.97. The van der Waals surface area contributed by atoms with Gasteiger partial charge in [-0.1, -0.05) is 11.8 Å². The Balaban J connectivity index is 4.29. The Morgan fingerprint density at radius 2 is 0.634 bits per heavy atom. The van der Waals surface area contributed by atoms with Crippen LogP contribution in [0.3, 0.4) is 0 Å². The van der Waals surface area contributed by atoms with E-state index in [2.05, 4.69) is 33.1 Å². The summed E-state index contributed by atoms with van der Waals surface area (Å²) in [6, 6.07) is -0.560. The van der Waals surface area contributed by atoms with Crippen LogP contribution < -0.4 is 21.3 Å². The first-order valence-electron chi connectivity index (χ1n) is 24.0. The van der Waals surface area contributed by atoms with E-state index in [-0.39, 0.29) is 109 Å². The molecular weight excluding hydrogens is 941 g/mol. The summed E-state index contributed by atoms with van der Waals surface area (Å²) in [5.74, 6) is 2.87. The maximum absolute atomic E-state index is 12.8. The molecule has 0 heterocycles. The maximum atomic E-state index is 12.8. The van der Waals surface area contributed by atoms with Crippen molar-refractivity contribution in [3.63, 3.8) is 0 Å². The Labute approximate surface area is 419 Å². The molecular formula is C47H82N4O20. The molecule has 0 saturated carbocycles. The van der Waals surface area contributed by atoms with Crippen LogP contribution in [0.5, 0.6) is 0 Å². The van der Waals surface area contributed by atoms with Crippen molar-refractivity contribution in [1.82, 2.24) is 21.3 Å². The van der Waals surface area contributed by atoms with Crippen molar-refractivity contribution < 1.29 is 95.4 Å². The zero-order valence-electron chi connectivity index (χ0n) is 41.6. The van der Waals surface area contributed by atoms with E-state index in [0.29, 0.717) is 158 Å². The molecule has 0 aromatic heterocycles. The minimum Gasteiger partial charge on any atom is -0.481 e. The maximum Gasteiger partial charge on any atom is 0.303 e. The van der Waals surface area contributed by atoms with Gasteiger partial charge in [-0.3, -0.25) is 24.0 Å². The van der Waals surface area contributed by atoms with Gasteiger partial charge in [0, 0.05) is 51.7 Å². The van der Waals surface area contributed by atoms with Crippen molar-refractivity contribution in [2.24, 2.45) is 0 Å². The predicted molar refractivity (Wildman–Crippen MR) is 255 cm³/mol. The Morgan fingerprint density at radius 3 is 0.972 bits per heavy atom. The van der Waals surface area contributed by atoms with Crippen molar-refractivity contribution in [3.8, 4) is 24.7 Å². The average molecular weight is 1020 g/mol. The van der Waals surface area contributed by atoms with Crippen molar-refractivity contribution in [3.05, 3.63) is 0 Å². The zero-order valence-corrected chi connectivity index (χ0v) is 41.6. The number of terminal acetylenes is 2. The lowest BCUT2D eigenvalue weighted by Gasteiger charge is -2.19. The van der Waals surface area contributed by atoms with E-state index in [1.165, 1.54) is 0 Å². The molecule has 0 fully saturated rings. The number of nitrogens with one attached hydrogen (secondary N) is 4. The van der Waals surface area contributed by atoms with Gasteiger partial charge in [-0.25, -0.2) is 0 Å². The van der Waals surface area contributed by atoms with Gasteiger partial charge in [0.1, 0.15) is 13.2 Å². The molecule has 0 aliphatic carbocycles. The lowest BCUT2D eigenvalue weighted by atomic mass is 10.2. The Morgan fingerprint density at radius 1 is 0.352 bits per heavy atom. The third-order valence-corrected chi connectivity index (χ3v) is 8.64. The number of hydrogen-bond donors (Lipinski definition) is 5. The van der Waals surface area contributed by atoms with Gasteiger partial charge in [-0.15, -0.1) is 12.8 Å². The third-order valence-electron chi connectivity index (χ3n) is 8.64. The molecule has 71 heavy (non-hydrogen) atoms. The monoisotopic (exact) mass is 1020 g/mol. The van der Waals surface area contributed by atoms with Crippen LogP contribution in [0.25, 0.3) is 0 Å². The largest absolute Gasteiger partial charge is 0.481 e. The van der Waals surface area contributed by atoms with E-state index in [1.54, 1.807) is 0 Å². The molecule has 410 valence electrons. The third kappa shape index (κ3) is 55.1. The first kappa shape index (κ1) is 66.9. The number of amides is 4. The second-order valence-electron chi connectivity index (χ2n) is 14.6. The summed E-state index contributed by atoms with van der Waals surface area (Å²) in [4.78, 5) is 59.5. The fourth-order valence-electron chi connectivity index (χ4n) is 5.17. The zero-order chi connectivity index (χ0) is 51.8. The van der Waals surface area contributed by atoms with E-state index in [9.17, 15) is 24.0 Å². The molecule has 4 amide bonds. The standard InChI is InChI=1S/C47H82N4O20/c1-3-14-58-22-28-64-34-37-67-32-26-62-20-12-49-44(53)8-17-70-40-42(41-71-18-9-45(54)50-13-21-63-27-33-68-38-35-65-29-23-59-15-4-2)51-46(55)10-16-60-24-30-66-36-39-69-31-25-61-19-11-48-43(52)6-5-7-47(56)57/h1-2,42H,5-41H2,(H,48,52)(H,49,53)(H,50,54)(H,51,55)(H,56,57). The van der Waals surface area contributed by atoms with Gasteiger partial charge < -0.3 is 92.7 Å². The molecule has 5 N–H and O–H groups in total. The molecule has 0 spiro atoms. The highest BCUT2D eigenvalue weighted by atomic mass is 16.6. The van der Waals surface area contributed by atoms with Crippen molar-refractivity contribution >= 4 is 29.6 Å². The van der Waals surface area contributed by atoms with E-state index < -0.39 is 12.0 Å². The molecule has 0 aliphatic heterocycles. The summed E-state index contributed by atoms with van der Waals surface area (Å²) >= 11 is 0. The van der Waals surface area contributed by atoms with E-state index >= 15 is 0 Å². The normalized spacial score (nSPS) is 11.0.